The summed E-state index contributed by atoms with van der Waals surface area (Å²) in [7, 11) is -2.52. The van der Waals surface area contributed by atoms with Gasteiger partial charge >= 0.3 is 18.0 Å². The first-order chi connectivity index (χ1) is 35.8. The smallest absolute Gasteiger partial charge is 0.412 e. The summed E-state index contributed by atoms with van der Waals surface area (Å²) in [5.41, 5.74) is 9.50. The van der Waals surface area contributed by atoms with E-state index in [2.05, 4.69) is 63.9 Å². The van der Waals surface area contributed by atoms with E-state index in [0.29, 0.717) is 49.3 Å². The van der Waals surface area contributed by atoms with E-state index in [9.17, 15) is 28.8 Å². The van der Waals surface area contributed by atoms with Crippen LogP contribution in [0.2, 0.25) is 39.3 Å². The van der Waals surface area contributed by atoms with Crippen LogP contribution in [0, 0.1) is 0 Å². The minimum absolute atomic E-state index is 0.0216. The highest BCUT2D eigenvalue weighted by Gasteiger charge is 2.36. The van der Waals surface area contributed by atoms with E-state index in [1.165, 1.54) is 17.0 Å². The third-order valence-electron chi connectivity index (χ3n) is 12.3. The van der Waals surface area contributed by atoms with Crippen molar-refractivity contribution in [3.05, 3.63) is 130 Å². The monoisotopic (exact) mass is 1080 g/mol. The second kappa shape index (κ2) is 24.7. The maximum Gasteiger partial charge on any atom is 0.412 e. The summed E-state index contributed by atoms with van der Waals surface area (Å²) < 4.78 is 24.6. The van der Waals surface area contributed by atoms with E-state index in [-0.39, 0.29) is 41.4 Å². The molecule has 0 aliphatic carbocycles. The van der Waals surface area contributed by atoms with Crippen molar-refractivity contribution < 1.29 is 43.0 Å². The molecule has 0 spiro atoms. The normalized spacial score (nSPS) is 13.5. The van der Waals surface area contributed by atoms with Gasteiger partial charge in [0.2, 0.25) is 5.95 Å². The number of amides is 3. The zero-order valence-corrected chi connectivity index (χ0v) is 49.4. The quantitative estimate of drug-likeness (QED) is 0.0280. The van der Waals surface area contributed by atoms with Crippen molar-refractivity contribution in [1.29, 1.82) is 0 Å². The summed E-state index contributed by atoms with van der Waals surface area (Å²) in [6.07, 6.45) is 2.97. The average molecular weight is 1090 g/mol. The molecular formula is C58H76N8O9Si2. The number of hydrogen-bond acceptors (Lipinski definition) is 14. The second-order valence-corrected chi connectivity index (χ2v) is 32.0. The van der Waals surface area contributed by atoms with E-state index < -0.39 is 56.7 Å². The van der Waals surface area contributed by atoms with Crippen molar-refractivity contribution >= 4 is 87.1 Å². The first kappa shape index (κ1) is 60.5. The third kappa shape index (κ3) is 16.3. The molecule has 0 bridgehead atoms. The molecule has 0 saturated heterocycles. The lowest BCUT2D eigenvalue weighted by Gasteiger charge is -2.25. The van der Waals surface area contributed by atoms with E-state index in [4.69, 9.17) is 19.9 Å². The number of fused-ring (bicyclic) bond motifs is 3. The van der Waals surface area contributed by atoms with Crippen LogP contribution >= 0.6 is 0 Å². The van der Waals surface area contributed by atoms with Crippen molar-refractivity contribution in [3.63, 3.8) is 0 Å². The van der Waals surface area contributed by atoms with Gasteiger partial charge in [-0.05, 0) is 159 Å². The Morgan fingerprint density at radius 2 is 1.08 bits per heavy atom. The molecule has 17 nitrogen and oxygen atoms in total. The van der Waals surface area contributed by atoms with Gasteiger partial charge in [-0.3, -0.25) is 29.3 Å². The molecule has 0 fully saturated rings. The van der Waals surface area contributed by atoms with Gasteiger partial charge < -0.3 is 39.1 Å². The number of ether oxygens (including phenoxy) is 3. The number of nitrogens with two attached hydrogens (primary N) is 1. The lowest BCUT2D eigenvalue weighted by atomic mass is 9.83. The van der Waals surface area contributed by atoms with Crippen LogP contribution in [-0.4, -0.2) is 103 Å². The zero-order chi connectivity index (χ0) is 57.3. The minimum Gasteiger partial charge on any atom is -0.465 e. The fourth-order valence-corrected chi connectivity index (χ4v) is 9.10. The van der Waals surface area contributed by atoms with Crippen LogP contribution in [0.4, 0.5) is 16.4 Å². The summed E-state index contributed by atoms with van der Waals surface area (Å²) in [5.74, 6) is -2.45. The molecule has 77 heavy (non-hydrogen) atoms. The van der Waals surface area contributed by atoms with Gasteiger partial charge in [-0.25, -0.2) is 14.8 Å². The summed E-state index contributed by atoms with van der Waals surface area (Å²) in [6.45, 7) is 31.1. The SMILES string of the molecule is CCOC(=O)C(C)(C)c1ccc(NC(=O)OC(C)(C)C)c(C(=O)C(=O)N2Cc3ccccc3C2)c1.CCOC(=O)C(C)(C)c1ccc2nc(N)nc(C(=O)N3Cc4ccccc4C3)c2c1.C[Si](C)(C)N=CC=N[Si](C)(C)C. The lowest BCUT2D eigenvalue weighted by molar-refractivity contribution is -0.149. The number of nitrogens with one attached hydrogen (secondary N) is 1. The van der Waals surface area contributed by atoms with E-state index in [0.717, 1.165) is 27.8 Å². The first-order valence-corrected chi connectivity index (χ1v) is 32.7. The van der Waals surface area contributed by atoms with E-state index in [1.807, 2.05) is 67.0 Å². The van der Waals surface area contributed by atoms with Gasteiger partial charge in [-0.15, -0.1) is 0 Å². The Labute approximate surface area is 455 Å². The number of anilines is 2. The molecule has 3 heterocycles. The number of rotatable bonds is 13. The number of aromatic nitrogens is 2. The summed E-state index contributed by atoms with van der Waals surface area (Å²) in [6, 6.07) is 25.6. The molecule has 0 radical (unpaired) electrons. The van der Waals surface area contributed by atoms with Crippen LogP contribution in [0.3, 0.4) is 0 Å². The molecule has 7 rings (SSSR count). The fraction of sp³-hybridized carbons (Fsp3) is 0.414. The van der Waals surface area contributed by atoms with Crippen LogP contribution < -0.4 is 11.1 Å². The molecular weight excluding hydrogens is 1010 g/mol. The number of nitrogens with zero attached hydrogens (tertiary/aromatic N) is 6. The highest BCUT2D eigenvalue weighted by molar-refractivity contribution is 6.77. The first-order valence-electron chi connectivity index (χ1n) is 25.8. The Morgan fingerprint density at radius 3 is 1.52 bits per heavy atom. The van der Waals surface area contributed by atoms with Gasteiger partial charge in [-0.1, -0.05) is 60.7 Å². The predicted octanol–water partition coefficient (Wildman–Crippen LogP) is 10.6. The average Bonchev–Trinajstić information content (AvgIpc) is 3.99. The maximum atomic E-state index is 13.4. The van der Waals surface area contributed by atoms with Gasteiger partial charge in [-0.2, -0.15) is 0 Å². The zero-order valence-electron chi connectivity index (χ0n) is 47.4. The summed E-state index contributed by atoms with van der Waals surface area (Å²) >= 11 is 0. The number of hydrogen-bond donors (Lipinski definition) is 2. The molecule has 5 aromatic rings. The van der Waals surface area contributed by atoms with Gasteiger partial charge in [0.05, 0.1) is 40.8 Å². The van der Waals surface area contributed by atoms with Crippen molar-refractivity contribution in [2.45, 2.75) is 144 Å². The van der Waals surface area contributed by atoms with Crippen molar-refractivity contribution in [2.75, 3.05) is 24.3 Å². The number of nitrogen functional groups attached to an aromatic ring is 1. The molecule has 0 unspecified atom stereocenters. The molecule has 2 aliphatic rings. The molecule has 3 amide bonds. The predicted molar refractivity (Wildman–Crippen MR) is 308 cm³/mol. The molecule has 3 N–H and O–H groups in total. The third-order valence-corrected chi connectivity index (χ3v) is 14.1. The van der Waals surface area contributed by atoms with Gasteiger partial charge in [0, 0.05) is 44.0 Å². The Morgan fingerprint density at radius 1 is 0.636 bits per heavy atom. The number of ketones is 1. The van der Waals surface area contributed by atoms with Gasteiger partial charge in [0.25, 0.3) is 17.6 Å². The molecule has 1 aromatic heterocycles. The van der Waals surface area contributed by atoms with E-state index in [1.54, 1.807) is 85.4 Å². The van der Waals surface area contributed by atoms with Crippen molar-refractivity contribution in [1.82, 2.24) is 19.8 Å². The van der Waals surface area contributed by atoms with Crippen LogP contribution in [0.25, 0.3) is 10.9 Å². The Balaban J connectivity index is 0.000000237. The Hall–Kier alpha value is -7.39. The number of Topliss-reactive ketones (excluding diaryl/α,β-unsaturated/α-hetero) is 1. The number of benzene rings is 4. The topological polar surface area (TPSA) is 225 Å². The van der Waals surface area contributed by atoms with Crippen LogP contribution in [-0.2, 0) is 65.6 Å². The molecule has 19 heteroatoms. The summed E-state index contributed by atoms with van der Waals surface area (Å²) in [5, 5.41) is 3.14. The molecule has 2 aliphatic heterocycles. The molecule has 0 atom stereocenters. The standard InChI is InChI=1S/C27H32N2O6.C23H24N4O3.C8H20N2Si2/c1-7-34-24(32)27(5,6)19-12-13-21(28-25(33)35-26(2,3)4)20(14-19)22(30)23(31)29-15-17-10-8-9-11-18(17)16-29;1-4-30-21(29)23(2,3)16-9-10-18-17(11-16)19(26-22(24)25-18)20(28)27-12-14-7-5-6-8-15(14)13-27;1-11(2,3)9-7-8-10-12(4,5)6/h8-14H,7,15-16H2,1-6H3,(H,28,33);5-11H,4,12-13H2,1-3H3,(H2,24,25,26);7-8H,1-6H3. The highest BCUT2D eigenvalue weighted by Crippen LogP contribution is 2.33. The molecule has 0 saturated carbocycles. The van der Waals surface area contributed by atoms with Crippen molar-refractivity contribution in [2.24, 2.45) is 9.32 Å². The van der Waals surface area contributed by atoms with Crippen LogP contribution in [0.15, 0.2) is 94.2 Å². The fourth-order valence-electron chi connectivity index (χ4n) is 8.08. The Bertz CT molecular complexity index is 3010. The van der Waals surface area contributed by atoms with Gasteiger partial charge in [0.1, 0.15) is 11.3 Å². The van der Waals surface area contributed by atoms with Crippen molar-refractivity contribution in [3.8, 4) is 0 Å². The molecule has 4 aromatic carbocycles. The van der Waals surface area contributed by atoms with Crippen LogP contribution in [0.5, 0.6) is 0 Å². The highest BCUT2D eigenvalue weighted by atomic mass is 28.3. The lowest BCUT2D eigenvalue weighted by Crippen LogP contribution is -2.35. The molecule has 410 valence electrons. The Kier molecular flexibility index (Phi) is 19.4. The number of carbonyl (C=O) groups excluding carboxylic acids is 6. The largest absolute Gasteiger partial charge is 0.465 e. The van der Waals surface area contributed by atoms with Crippen LogP contribution in [0.1, 0.15) is 117 Å². The maximum absolute atomic E-state index is 13.4. The minimum atomic E-state index is -1.26. The van der Waals surface area contributed by atoms with E-state index >= 15 is 0 Å². The number of esters is 2. The summed E-state index contributed by atoms with van der Waals surface area (Å²) in [4.78, 5) is 89.2. The number of carbonyl (C=O) groups is 6. The second-order valence-electron chi connectivity index (χ2n) is 22.8. The van der Waals surface area contributed by atoms with Gasteiger partial charge in [0.15, 0.2) is 16.5 Å².